The summed E-state index contributed by atoms with van der Waals surface area (Å²) in [6.07, 6.45) is 0. The molecule has 0 aliphatic heterocycles. The molecule has 1 heterocycles. The Bertz CT molecular complexity index is 1190. The first-order valence-electron chi connectivity index (χ1n) is 9.50. The topological polar surface area (TPSA) is 80.0 Å². The number of amides is 1. The zero-order valence-electron chi connectivity index (χ0n) is 16.6. The minimum absolute atomic E-state index is 0.310. The SMILES string of the molecule is Cc1ccc(-c2nnc(SCc3ccc(C(=O)NO)cc3)n2-c2ccc(F)cc2)cc1. The van der Waals surface area contributed by atoms with Gasteiger partial charge in [0, 0.05) is 22.6 Å². The quantitative estimate of drug-likeness (QED) is 0.259. The van der Waals surface area contributed by atoms with Crippen molar-refractivity contribution in [2.24, 2.45) is 0 Å². The molecule has 8 heteroatoms. The first kappa shape index (κ1) is 20.8. The van der Waals surface area contributed by atoms with Crippen LogP contribution >= 0.6 is 11.8 Å². The van der Waals surface area contributed by atoms with Crippen LogP contribution in [0.25, 0.3) is 17.1 Å². The number of aryl methyl sites for hydroxylation is 1. The molecule has 0 atom stereocenters. The van der Waals surface area contributed by atoms with Crippen LogP contribution in [-0.4, -0.2) is 25.9 Å². The van der Waals surface area contributed by atoms with Gasteiger partial charge >= 0.3 is 0 Å². The minimum Gasteiger partial charge on any atom is -0.288 e. The van der Waals surface area contributed by atoms with Gasteiger partial charge in [-0.2, -0.15) is 0 Å². The molecule has 0 aliphatic carbocycles. The van der Waals surface area contributed by atoms with Gasteiger partial charge in [-0.1, -0.05) is 53.7 Å². The van der Waals surface area contributed by atoms with Crippen LogP contribution in [0.5, 0.6) is 0 Å². The van der Waals surface area contributed by atoms with E-state index in [2.05, 4.69) is 10.2 Å². The summed E-state index contributed by atoms with van der Waals surface area (Å²) in [4.78, 5) is 11.5. The van der Waals surface area contributed by atoms with Gasteiger partial charge in [0.25, 0.3) is 5.91 Å². The third-order valence-corrected chi connectivity index (χ3v) is 5.71. The normalized spacial score (nSPS) is 10.8. The molecule has 0 fully saturated rings. The average Bonchev–Trinajstić information content (AvgIpc) is 3.22. The van der Waals surface area contributed by atoms with Crippen molar-refractivity contribution in [2.45, 2.75) is 17.8 Å². The maximum Gasteiger partial charge on any atom is 0.274 e. The van der Waals surface area contributed by atoms with E-state index in [1.54, 1.807) is 29.7 Å². The smallest absolute Gasteiger partial charge is 0.274 e. The van der Waals surface area contributed by atoms with E-state index in [9.17, 15) is 9.18 Å². The molecule has 0 spiro atoms. The maximum absolute atomic E-state index is 13.5. The van der Waals surface area contributed by atoms with Gasteiger partial charge in [0.05, 0.1) is 0 Å². The second kappa shape index (κ2) is 9.11. The highest BCUT2D eigenvalue weighted by molar-refractivity contribution is 7.98. The zero-order valence-corrected chi connectivity index (χ0v) is 17.4. The molecule has 2 N–H and O–H groups in total. The van der Waals surface area contributed by atoms with Crippen LogP contribution in [0.1, 0.15) is 21.5 Å². The van der Waals surface area contributed by atoms with Crippen molar-refractivity contribution in [2.75, 3.05) is 0 Å². The van der Waals surface area contributed by atoms with E-state index in [1.807, 2.05) is 47.9 Å². The van der Waals surface area contributed by atoms with Crippen molar-refractivity contribution < 1.29 is 14.4 Å². The van der Waals surface area contributed by atoms with Crippen molar-refractivity contribution in [3.05, 3.63) is 95.3 Å². The molecular formula is C23H19FN4O2S. The van der Waals surface area contributed by atoms with Crippen LogP contribution in [0, 0.1) is 12.7 Å². The Kier molecular flexibility index (Phi) is 6.11. The molecule has 0 radical (unpaired) electrons. The summed E-state index contributed by atoms with van der Waals surface area (Å²) in [5.74, 6) is 0.394. The molecular weight excluding hydrogens is 415 g/mol. The van der Waals surface area contributed by atoms with E-state index < -0.39 is 5.91 Å². The molecule has 1 amide bonds. The van der Waals surface area contributed by atoms with Crippen molar-refractivity contribution >= 4 is 17.7 Å². The van der Waals surface area contributed by atoms with E-state index in [1.165, 1.54) is 23.9 Å². The Morgan fingerprint density at radius 2 is 1.68 bits per heavy atom. The number of hydrogen-bond acceptors (Lipinski definition) is 5. The van der Waals surface area contributed by atoms with Crippen molar-refractivity contribution in [3.63, 3.8) is 0 Å². The molecule has 4 rings (SSSR count). The number of rotatable bonds is 6. The van der Waals surface area contributed by atoms with E-state index in [0.29, 0.717) is 22.3 Å². The van der Waals surface area contributed by atoms with Gasteiger partial charge in [-0.25, -0.2) is 9.87 Å². The lowest BCUT2D eigenvalue weighted by molar-refractivity contribution is 0.0706. The third kappa shape index (κ3) is 4.65. The van der Waals surface area contributed by atoms with Gasteiger partial charge in [0.15, 0.2) is 11.0 Å². The lowest BCUT2D eigenvalue weighted by atomic mass is 10.1. The highest BCUT2D eigenvalue weighted by Crippen LogP contribution is 2.30. The summed E-state index contributed by atoms with van der Waals surface area (Å²) >= 11 is 1.48. The van der Waals surface area contributed by atoms with Crippen molar-refractivity contribution in [1.82, 2.24) is 20.2 Å². The molecule has 0 bridgehead atoms. The average molecular weight is 434 g/mol. The van der Waals surface area contributed by atoms with Crippen LogP contribution in [-0.2, 0) is 5.75 Å². The van der Waals surface area contributed by atoms with Crippen LogP contribution in [0.15, 0.2) is 78.0 Å². The summed E-state index contributed by atoms with van der Waals surface area (Å²) in [6, 6.07) is 21.1. The summed E-state index contributed by atoms with van der Waals surface area (Å²) < 4.78 is 15.4. The highest BCUT2D eigenvalue weighted by atomic mass is 32.2. The van der Waals surface area contributed by atoms with E-state index in [4.69, 9.17) is 5.21 Å². The summed E-state index contributed by atoms with van der Waals surface area (Å²) in [6.45, 7) is 2.02. The number of hydrogen-bond donors (Lipinski definition) is 2. The first-order valence-corrected chi connectivity index (χ1v) is 10.5. The zero-order chi connectivity index (χ0) is 21.8. The largest absolute Gasteiger partial charge is 0.288 e. The van der Waals surface area contributed by atoms with Gasteiger partial charge in [-0.05, 0) is 48.9 Å². The first-order chi connectivity index (χ1) is 15.0. The van der Waals surface area contributed by atoms with Crippen LogP contribution in [0.4, 0.5) is 4.39 Å². The third-order valence-electron chi connectivity index (χ3n) is 4.71. The fourth-order valence-electron chi connectivity index (χ4n) is 3.04. The summed E-state index contributed by atoms with van der Waals surface area (Å²) in [5, 5.41) is 18.2. The monoisotopic (exact) mass is 434 g/mol. The number of halogens is 1. The number of aromatic nitrogens is 3. The second-order valence-electron chi connectivity index (χ2n) is 6.91. The number of hydroxylamine groups is 1. The maximum atomic E-state index is 13.5. The van der Waals surface area contributed by atoms with Gasteiger partial charge < -0.3 is 0 Å². The highest BCUT2D eigenvalue weighted by Gasteiger charge is 2.16. The standard InChI is InChI=1S/C23H19FN4O2S/c1-15-2-6-17(7-3-15)21-25-26-23(28(21)20-12-10-19(24)11-13-20)31-14-16-4-8-18(9-5-16)22(29)27-30/h2-13,30H,14H2,1H3,(H,27,29). The Labute approximate surface area is 182 Å². The fraction of sp³-hybridized carbons (Fsp3) is 0.0870. The predicted octanol–water partition coefficient (Wildman–Crippen LogP) is 4.79. The molecule has 0 saturated heterocycles. The Morgan fingerprint density at radius 3 is 2.32 bits per heavy atom. The van der Waals surface area contributed by atoms with E-state index in [-0.39, 0.29) is 5.82 Å². The number of thioether (sulfide) groups is 1. The van der Waals surface area contributed by atoms with Gasteiger partial charge in [0.1, 0.15) is 5.82 Å². The molecule has 156 valence electrons. The van der Waals surface area contributed by atoms with E-state index >= 15 is 0 Å². The predicted molar refractivity (Wildman–Crippen MR) is 117 cm³/mol. The van der Waals surface area contributed by atoms with Crippen molar-refractivity contribution in [3.8, 4) is 17.1 Å². The lowest BCUT2D eigenvalue weighted by Gasteiger charge is -2.11. The molecule has 0 saturated carbocycles. The second-order valence-corrected chi connectivity index (χ2v) is 7.85. The molecule has 1 aromatic heterocycles. The number of carbonyl (C=O) groups excluding carboxylic acids is 1. The number of nitrogens with zero attached hydrogens (tertiary/aromatic N) is 3. The Hall–Kier alpha value is -3.49. The van der Waals surface area contributed by atoms with Gasteiger partial charge in [0.2, 0.25) is 0 Å². The Balaban J connectivity index is 1.65. The molecule has 4 aromatic rings. The van der Waals surface area contributed by atoms with Crippen LogP contribution in [0.3, 0.4) is 0 Å². The lowest BCUT2D eigenvalue weighted by Crippen LogP contribution is -2.18. The number of carbonyl (C=O) groups is 1. The fourth-order valence-corrected chi connectivity index (χ4v) is 3.95. The Morgan fingerprint density at radius 1 is 1.00 bits per heavy atom. The number of benzene rings is 3. The van der Waals surface area contributed by atoms with Crippen LogP contribution in [0.2, 0.25) is 0 Å². The van der Waals surface area contributed by atoms with Crippen molar-refractivity contribution in [1.29, 1.82) is 0 Å². The van der Waals surface area contributed by atoms with Crippen LogP contribution < -0.4 is 5.48 Å². The van der Waals surface area contributed by atoms with Gasteiger partial charge in [-0.15, -0.1) is 10.2 Å². The molecule has 6 nitrogen and oxygen atoms in total. The molecule has 0 unspecified atom stereocenters. The molecule has 0 aliphatic rings. The number of nitrogens with one attached hydrogen (secondary N) is 1. The van der Waals surface area contributed by atoms with E-state index in [0.717, 1.165) is 22.4 Å². The molecule has 3 aromatic carbocycles. The summed E-state index contributed by atoms with van der Waals surface area (Å²) in [7, 11) is 0. The van der Waals surface area contributed by atoms with Gasteiger partial charge in [-0.3, -0.25) is 14.6 Å². The summed E-state index contributed by atoms with van der Waals surface area (Å²) in [5.41, 5.74) is 5.78. The molecule has 31 heavy (non-hydrogen) atoms. The minimum atomic E-state index is -0.557.